The number of benzene rings is 1. The Balaban J connectivity index is -0.000000562. The van der Waals surface area contributed by atoms with Gasteiger partial charge in [-0.2, -0.15) is 6.08 Å². The van der Waals surface area contributed by atoms with E-state index in [2.05, 4.69) is 62.4 Å². The van der Waals surface area contributed by atoms with Gasteiger partial charge in [0.05, 0.1) is 0 Å². The van der Waals surface area contributed by atoms with E-state index >= 15 is 0 Å². The molecular weight excluding hydrogens is 322 g/mol. The summed E-state index contributed by atoms with van der Waals surface area (Å²) in [5.41, 5.74) is 2.76. The Hall–Kier alpha value is 0.284. The zero-order valence-electron chi connectivity index (χ0n) is 10.5. The van der Waals surface area contributed by atoms with Crippen LogP contribution in [0.5, 0.6) is 0 Å². The Morgan fingerprint density at radius 3 is 2.00 bits per heavy atom. The maximum absolute atomic E-state index is 3.40. The maximum Gasteiger partial charge on any atom is 0 e. The topological polar surface area (TPSA) is 0 Å². The summed E-state index contributed by atoms with van der Waals surface area (Å²) in [4.78, 5) is 0. The summed E-state index contributed by atoms with van der Waals surface area (Å²) in [6.45, 7) is 4.50. The molecule has 0 aliphatic heterocycles. The molecule has 100 valence electrons. The maximum atomic E-state index is 3.40. The Morgan fingerprint density at radius 2 is 1.56 bits per heavy atom. The van der Waals surface area contributed by atoms with Crippen LogP contribution in [0.1, 0.15) is 25.8 Å². The number of halogens is 3. The number of hydrogen-bond donors (Lipinski definition) is 0. The van der Waals surface area contributed by atoms with Crippen LogP contribution in [0.15, 0.2) is 48.1 Å². The molecule has 0 fully saturated rings. The van der Waals surface area contributed by atoms with Crippen molar-refractivity contribution in [1.29, 1.82) is 0 Å². The van der Waals surface area contributed by atoms with Crippen molar-refractivity contribution in [2.45, 2.75) is 25.7 Å². The van der Waals surface area contributed by atoms with Crippen LogP contribution < -0.4 is 0 Å². The first-order chi connectivity index (χ1) is 6.71. The van der Waals surface area contributed by atoms with Crippen LogP contribution >= 0.6 is 37.2 Å². The molecule has 0 bridgehead atoms. The van der Waals surface area contributed by atoms with Gasteiger partial charge in [-0.15, -0.1) is 43.6 Å². The van der Waals surface area contributed by atoms with Gasteiger partial charge in [0, 0.05) is 21.7 Å². The van der Waals surface area contributed by atoms with Crippen molar-refractivity contribution >= 4 is 37.2 Å². The summed E-state index contributed by atoms with van der Waals surface area (Å²) >= 11 is 0. The molecular formula is C14H18Cl3Ti-. The van der Waals surface area contributed by atoms with Crippen molar-refractivity contribution in [1.82, 2.24) is 0 Å². The van der Waals surface area contributed by atoms with Crippen LogP contribution in [0.4, 0.5) is 0 Å². The molecule has 0 unspecified atom stereocenters. The standard InChI is InChI=1S/C14H15.3ClH.Ti/c1-14(2,13-10-6-7-11-13)12-8-4-3-5-9-12;;;;/h3-6,8-10H,7H2,1-2H3;3*1H;/q-1;;;;. The molecule has 18 heavy (non-hydrogen) atoms. The van der Waals surface area contributed by atoms with E-state index in [0.717, 1.165) is 6.42 Å². The minimum Gasteiger partial charge on any atom is -0.269 e. The molecule has 0 saturated carbocycles. The first-order valence-corrected chi connectivity index (χ1v) is 5.04. The van der Waals surface area contributed by atoms with Gasteiger partial charge in [0.25, 0.3) is 0 Å². The van der Waals surface area contributed by atoms with E-state index in [-0.39, 0.29) is 64.4 Å². The molecule has 0 radical (unpaired) electrons. The monoisotopic (exact) mass is 339 g/mol. The van der Waals surface area contributed by atoms with Gasteiger partial charge in [-0.1, -0.05) is 44.2 Å². The Kier molecular flexibility index (Phi) is 13.1. The molecule has 0 atom stereocenters. The second kappa shape index (κ2) is 10.1. The SMILES string of the molecule is CC(C)(C1=[C-]CC=C1)c1ccccc1.Cl.Cl.Cl.[Ti]. The van der Waals surface area contributed by atoms with E-state index in [4.69, 9.17) is 0 Å². The second-order valence-corrected chi connectivity index (χ2v) is 4.19. The molecule has 0 aromatic heterocycles. The Morgan fingerprint density at radius 1 is 1.00 bits per heavy atom. The first-order valence-electron chi connectivity index (χ1n) is 5.04. The predicted molar refractivity (Wildman–Crippen MR) is 81.7 cm³/mol. The molecule has 0 spiro atoms. The molecule has 2 rings (SSSR count). The largest absolute Gasteiger partial charge is 0.269 e. The van der Waals surface area contributed by atoms with Gasteiger partial charge < -0.3 is 0 Å². The van der Waals surface area contributed by atoms with E-state index in [1.54, 1.807) is 0 Å². The minimum absolute atomic E-state index is 0. The molecule has 0 amide bonds. The van der Waals surface area contributed by atoms with Crippen LogP contribution in [-0.2, 0) is 27.1 Å². The fourth-order valence-electron chi connectivity index (χ4n) is 1.84. The van der Waals surface area contributed by atoms with E-state index in [1.807, 2.05) is 0 Å². The second-order valence-electron chi connectivity index (χ2n) is 4.19. The van der Waals surface area contributed by atoms with Crippen LogP contribution in [0.2, 0.25) is 0 Å². The predicted octanol–water partition coefficient (Wildman–Crippen LogP) is 4.92. The molecule has 0 heterocycles. The first kappa shape index (κ1) is 23.4. The van der Waals surface area contributed by atoms with E-state index in [9.17, 15) is 0 Å². The zero-order valence-corrected chi connectivity index (χ0v) is 14.5. The van der Waals surface area contributed by atoms with Gasteiger partial charge in [0.2, 0.25) is 0 Å². The Labute approximate surface area is 143 Å². The zero-order chi connectivity index (χ0) is 10.0. The summed E-state index contributed by atoms with van der Waals surface area (Å²) in [6.07, 6.45) is 8.72. The number of rotatable bonds is 2. The van der Waals surface area contributed by atoms with Crippen molar-refractivity contribution < 1.29 is 21.7 Å². The molecule has 1 aliphatic carbocycles. The molecule has 0 saturated heterocycles. The molecule has 0 N–H and O–H groups in total. The van der Waals surface area contributed by atoms with E-state index in [0.29, 0.717) is 0 Å². The van der Waals surface area contributed by atoms with Gasteiger partial charge in [-0.25, -0.2) is 11.6 Å². The van der Waals surface area contributed by atoms with Crippen molar-refractivity contribution in [3.63, 3.8) is 0 Å². The van der Waals surface area contributed by atoms with Gasteiger partial charge in [0.1, 0.15) is 0 Å². The third-order valence-corrected chi connectivity index (χ3v) is 2.86. The van der Waals surface area contributed by atoms with Crippen LogP contribution in [-0.4, -0.2) is 0 Å². The summed E-state index contributed by atoms with van der Waals surface area (Å²) in [5, 5.41) is 0. The van der Waals surface area contributed by atoms with Gasteiger partial charge in [-0.3, -0.25) is 6.08 Å². The number of allylic oxidation sites excluding steroid dienone is 4. The molecule has 0 nitrogen and oxygen atoms in total. The van der Waals surface area contributed by atoms with E-state index in [1.165, 1.54) is 11.1 Å². The third kappa shape index (κ3) is 5.11. The van der Waals surface area contributed by atoms with Gasteiger partial charge in [-0.05, 0) is 11.0 Å². The van der Waals surface area contributed by atoms with Crippen molar-refractivity contribution in [3.05, 3.63) is 59.7 Å². The normalized spacial score (nSPS) is 12.2. The third-order valence-electron chi connectivity index (χ3n) is 2.86. The molecule has 1 aromatic rings. The summed E-state index contributed by atoms with van der Waals surface area (Å²) in [6, 6.07) is 10.6. The smallest absolute Gasteiger partial charge is 0 e. The van der Waals surface area contributed by atoms with Crippen LogP contribution in [0.25, 0.3) is 0 Å². The van der Waals surface area contributed by atoms with Gasteiger partial charge in [0.15, 0.2) is 0 Å². The average molecular weight is 341 g/mol. The fraction of sp³-hybridized carbons (Fsp3) is 0.286. The summed E-state index contributed by atoms with van der Waals surface area (Å²) in [7, 11) is 0. The average Bonchev–Trinajstić information content (AvgIpc) is 2.72. The van der Waals surface area contributed by atoms with Crippen molar-refractivity contribution in [2.75, 3.05) is 0 Å². The fourth-order valence-corrected chi connectivity index (χ4v) is 1.84. The van der Waals surface area contributed by atoms with E-state index < -0.39 is 0 Å². The molecule has 1 aromatic carbocycles. The summed E-state index contributed by atoms with van der Waals surface area (Å²) < 4.78 is 0. The minimum atomic E-state index is 0. The molecule has 1 aliphatic rings. The number of hydrogen-bond acceptors (Lipinski definition) is 0. The van der Waals surface area contributed by atoms with Crippen molar-refractivity contribution in [3.8, 4) is 0 Å². The molecule has 4 heteroatoms. The van der Waals surface area contributed by atoms with Crippen LogP contribution in [0, 0.1) is 6.08 Å². The van der Waals surface area contributed by atoms with Crippen LogP contribution in [0.3, 0.4) is 0 Å². The summed E-state index contributed by atoms with van der Waals surface area (Å²) in [5.74, 6) is 0. The van der Waals surface area contributed by atoms with Gasteiger partial charge >= 0.3 is 0 Å². The quantitative estimate of drug-likeness (QED) is 0.530. The van der Waals surface area contributed by atoms with Crippen molar-refractivity contribution in [2.24, 2.45) is 0 Å². The Bertz CT molecular complexity index is 383.